The molecule has 5 rings (SSSR count). The minimum Gasteiger partial charge on any atom is -0.497 e. The van der Waals surface area contributed by atoms with Crippen molar-refractivity contribution >= 4 is 0 Å². The second-order valence-electron chi connectivity index (χ2n) is 7.87. The molecule has 32 heavy (non-hydrogen) atoms. The van der Waals surface area contributed by atoms with Gasteiger partial charge < -0.3 is 9.47 Å². The first-order valence-electron chi connectivity index (χ1n) is 10.6. The summed E-state index contributed by atoms with van der Waals surface area (Å²) in [4.78, 5) is 0. The SMILES string of the molecule is C=CC(=C)Oc1ccc(C2(c3ccc(OC)cc3)c3ccccc3-c3ccccc32)cc1. The van der Waals surface area contributed by atoms with Gasteiger partial charge >= 0.3 is 0 Å². The smallest absolute Gasteiger partial charge is 0.127 e. The molecule has 0 heterocycles. The number of methoxy groups -OCH3 is 1. The van der Waals surface area contributed by atoms with Crippen LogP contribution in [0.2, 0.25) is 0 Å². The van der Waals surface area contributed by atoms with Crippen LogP contribution in [0, 0.1) is 0 Å². The highest BCUT2D eigenvalue weighted by Gasteiger charge is 2.45. The van der Waals surface area contributed by atoms with Gasteiger partial charge in [0.2, 0.25) is 0 Å². The predicted molar refractivity (Wildman–Crippen MR) is 130 cm³/mol. The third-order valence-corrected chi connectivity index (χ3v) is 6.24. The van der Waals surface area contributed by atoms with Crippen molar-refractivity contribution in [3.8, 4) is 22.6 Å². The van der Waals surface area contributed by atoms with E-state index >= 15 is 0 Å². The van der Waals surface area contributed by atoms with Gasteiger partial charge in [-0.1, -0.05) is 86.0 Å². The molecule has 1 aliphatic rings. The Morgan fingerprint density at radius 2 is 1.16 bits per heavy atom. The maximum Gasteiger partial charge on any atom is 0.127 e. The van der Waals surface area contributed by atoms with Crippen molar-refractivity contribution < 1.29 is 9.47 Å². The fourth-order valence-electron chi connectivity index (χ4n) is 4.83. The van der Waals surface area contributed by atoms with Gasteiger partial charge in [0.25, 0.3) is 0 Å². The number of benzene rings is 4. The lowest BCUT2D eigenvalue weighted by Gasteiger charge is -2.34. The van der Waals surface area contributed by atoms with Crippen LogP contribution in [0.5, 0.6) is 11.5 Å². The van der Waals surface area contributed by atoms with Gasteiger partial charge in [-0.15, -0.1) is 0 Å². The Hall–Kier alpha value is -4.04. The summed E-state index contributed by atoms with van der Waals surface area (Å²) in [5.74, 6) is 2.11. The zero-order chi connectivity index (χ0) is 22.1. The van der Waals surface area contributed by atoms with E-state index in [4.69, 9.17) is 9.47 Å². The van der Waals surface area contributed by atoms with Gasteiger partial charge in [0, 0.05) is 0 Å². The number of hydrogen-bond acceptors (Lipinski definition) is 2. The lowest BCUT2D eigenvalue weighted by Crippen LogP contribution is -2.28. The molecule has 156 valence electrons. The van der Waals surface area contributed by atoms with Crippen LogP contribution in [-0.4, -0.2) is 7.11 Å². The molecule has 4 aromatic rings. The molecule has 0 unspecified atom stereocenters. The molecule has 0 spiro atoms. The molecule has 0 fully saturated rings. The summed E-state index contributed by atoms with van der Waals surface area (Å²) in [6.07, 6.45) is 1.61. The van der Waals surface area contributed by atoms with E-state index in [0.29, 0.717) is 5.76 Å². The van der Waals surface area contributed by atoms with Gasteiger partial charge in [0.05, 0.1) is 12.5 Å². The van der Waals surface area contributed by atoms with E-state index < -0.39 is 5.41 Å². The van der Waals surface area contributed by atoms with E-state index in [0.717, 1.165) is 11.5 Å². The molecular weight excluding hydrogens is 392 g/mol. The lowest BCUT2D eigenvalue weighted by atomic mass is 9.68. The molecule has 1 aliphatic carbocycles. The van der Waals surface area contributed by atoms with Crippen molar-refractivity contribution in [1.29, 1.82) is 0 Å². The van der Waals surface area contributed by atoms with Gasteiger partial charge in [0.1, 0.15) is 17.3 Å². The average Bonchev–Trinajstić information content (AvgIpc) is 3.16. The molecular formula is C30H24O2. The largest absolute Gasteiger partial charge is 0.497 e. The summed E-state index contributed by atoms with van der Waals surface area (Å²) >= 11 is 0. The third kappa shape index (κ3) is 2.96. The average molecular weight is 417 g/mol. The number of ether oxygens (including phenoxy) is 2. The maximum absolute atomic E-state index is 5.76. The summed E-state index contributed by atoms with van der Waals surface area (Å²) in [5.41, 5.74) is 7.01. The Balaban J connectivity index is 1.78. The molecule has 0 bridgehead atoms. The van der Waals surface area contributed by atoms with E-state index in [1.54, 1.807) is 13.2 Å². The number of rotatable bonds is 6. The highest BCUT2D eigenvalue weighted by Crippen LogP contribution is 2.56. The van der Waals surface area contributed by atoms with E-state index in [-0.39, 0.29) is 0 Å². The van der Waals surface area contributed by atoms with Crippen LogP contribution in [0.3, 0.4) is 0 Å². The first-order valence-corrected chi connectivity index (χ1v) is 10.6. The Bertz CT molecular complexity index is 1250. The summed E-state index contributed by atoms with van der Waals surface area (Å²) in [5, 5.41) is 0. The second kappa shape index (κ2) is 7.90. The minimum atomic E-state index is -0.437. The van der Waals surface area contributed by atoms with Crippen molar-refractivity contribution in [3.63, 3.8) is 0 Å². The fraction of sp³-hybridized carbons (Fsp3) is 0.0667. The van der Waals surface area contributed by atoms with Crippen molar-refractivity contribution in [3.05, 3.63) is 144 Å². The normalized spacial score (nSPS) is 13.0. The zero-order valence-electron chi connectivity index (χ0n) is 18.0. The Morgan fingerprint density at radius 3 is 1.62 bits per heavy atom. The molecule has 0 amide bonds. The monoisotopic (exact) mass is 416 g/mol. The molecule has 2 heteroatoms. The van der Waals surface area contributed by atoms with Crippen LogP contribution in [0.4, 0.5) is 0 Å². The predicted octanol–water partition coefficient (Wildman–Crippen LogP) is 7.14. The van der Waals surface area contributed by atoms with Crippen LogP contribution in [0.25, 0.3) is 11.1 Å². The molecule has 0 atom stereocenters. The quantitative estimate of drug-likeness (QED) is 0.216. The number of fused-ring (bicyclic) bond motifs is 3. The summed E-state index contributed by atoms with van der Waals surface area (Å²) < 4.78 is 11.2. The van der Waals surface area contributed by atoms with Crippen LogP contribution < -0.4 is 9.47 Å². The van der Waals surface area contributed by atoms with Gasteiger partial charge in [-0.25, -0.2) is 0 Å². The van der Waals surface area contributed by atoms with Gasteiger partial charge in [-0.2, -0.15) is 0 Å². The van der Waals surface area contributed by atoms with E-state index in [1.165, 1.54) is 33.4 Å². The lowest BCUT2D eigenvalue weighted by molar-refractivity contribution is 0.414. The molecule has 0 aliphatic heterocycles. The third-order valence-electron chi connectivity index (χ3n) is 6.24. The zero-order valence-corrected chi connectivity index (χ0v) is 18.0. The van der Waals surface area contributed by atoms with Crippen molar-refractivity contribution in [2.45, 2.75) is 5.41 Å². The van der Waals surface area contributed by atoms with Crippen LogP contribution in [-0.2, 0) is 5.41 Å². The number of allylic oxidation sites excluding steroid dienone is 1. The highest BCUT2D eigenvalue weighted by molar-refractivity contribution is 5.86. The Kier molecular flexibility index (Phi) is 4.91. The van der Waals surface area contributed by atoms with Crippen molar-refractivity contribution in [2.24, 2.45) is 0 Å². The van der Waals surface area contributed by atoms with Gasteiger partial charge in [0.15, 0.2) is 0 Å². The summed E-state index contributed by atoms with van der Waals surface area (Å²) in [7, 11) is 1.70. The van der Waals surface area contributed by atoms with Crippen molar-refractivity contribution in [2.75, 3.05) is 7.11 Å². The molecule has 0 saturated carbocycles. The van der Waals surface area contributed by atoms with E-state index in [2.05, 4.69) is 86.0 Å². The summed E-state index contributed by atoms with van der Waals surface area (Å²) in [6, 6.07) is 34.1. The van der Waals surface area contributed by atoms with Crippen LogP contribution in [0.15, 0.2) is 122 Å². The molecule has 0 aromatic heterocycles. The van der Waals surface area contributed by atoms with Crippen LogP contribution in [0.1, 0.15) is 22.3 Å². The Labute approximate surface area is 189 Å². The molecule has 0 N–H and O–H groups in total. The summed E-state index contributed by atoms with van der Waals surface area (Å²) in [6.45, 7) is 7.57. The standard InChI is InChI=1S/C30H24O2/c1-4-21(2)32-25-19-15-23(16-20-25)30(22-13-17-24(31-3)18-14-22)28-11-7-5-9-26(28)27-10-6-8-12-29(27)30/h4-20H,1-2H2,3H3. The molecule has 0 radical (unpaired) electrons. The van der Waals surface area contributed by atoms with E-state index in [9.17, 15) is 0 Å². The first kappa shape index (κ1) is 19.9. The first-order chi connectivity index (χ1) is 15.7. The second-order valence-corrected chi connectivity index (χ2v) is 7.87. The minimum absolute atomic E-state index is 0.437. The van der Waals surface area contributed by atoms with E-state index in [1.807, 2.05) is 24.3 Å². The highest BCUT2D eigenvalue weighted by atomic mass is 16.5. The molecule has 2 nitrogen and oxygen atoms in total. The molecule has 0 saturated heterocycles. The Morgan fingerprint density at radius 1 is 0.688 bits per heavy atom. The maximum atomic E-state index is 5.76. The number of hydrogen-bond donors (Lipinski definition) is 0. The van der Waals surface area contributed by atoms with Crippen molar-refractivity contribution in [1.82, 2.24) is 0 Å². The van der Waals surface area contributed by atoms with Crippen LogP contribution >= 0.6 is 0 Å². The fourth-order valence-corrected chi connectivity index (χ4v) is 4.83. The van der Waals surface area contributed by atoms with Gasteiger partial charge in [-0.3, -0.25) is 0 Å². The van der Waals surface area contributed by atoms with Gasteiger partial charge in [-0.05, 0) is 63.7 Å². The molecule has 4 aromatic carbocycles. The topological polar surface area (TPSA) is 18.5 Å².